The number of rotatable bonds is 7. The number of nitrogen functional groups attached to an aromatic ring is 1. The standard InChI is InChI=1S/C24H25N3O5/c1-13(29)26-18-8-7-15(9-21(18)31)16-10-19(27-24(25)17(16)11-28)23-20(30)3-2-4-22(23)32-12-14-5-6-14/h2-4,7-10,14,28,30-31H,5-6,11-12H2,1H3,(H2,25,27)(H,26,29). The zero-order valence-electron chi connectivity index (χ0n) is 17.6. The van der Waals surface area contributed by atoms with E-state index in [1.807, 2.05) is 0 Å². The van der Waals surface area contributed by atoms with Crippen molar-refractivity contribution in [3.63, 3.8) is 0 Å². The number of hydrogen-bond donors (Lipinski definition) is 5. The Labute approximate surface area is 185 Å². The molecule has 3 aromatic rings. The summed E-state index contributed by atoms with van der Waals surface area (Å²) >= 11 is 0. The number of pyridine rings is 1. The van der Waals surface area contributed by atoms with Crippen molar-refractivity contribution < 1.29 is 24.9 Å². The first-order valence-electron chi connectivity index (χ1n) is 10.3. The molecule has 0 aliphatic heterocycles. The van der Waals surface area contributed by atoms with E-state index in [2.05, 4.69) is 10.3 Å². The largest absolute Gasteiger partial charge is 0.507 e. The van der Waals surface area contributed by atoms with Crippen LogP contribution in [0.1, 0.15) is 25.3 Å². The number of aliphatic hydroxyl groups excluding tert-OH is 1. The maximum Gasteiger partial charge on any atom is 0.221 e. The number of carbonyl (C=O) groups excluding carboxylic acids is 1. The molecule has 8 heteroatoms. The van der Waals surface area contributed by atoms with Crippen LogP contribution in [0.4, 0.5) is 11.5 Å². The SMILES string of the molecule is CC(=O)Nc1ccc(-c2cc(-c3c(O)cccc3OCC3CC3)nc(N)c2CO)cc1O. The summed E-state index contributed by atoms with van der Waals surface area (Å²) < 4.78 is 5.94. The average molecular weight is 435 g/mol. The molecule has 166 valence electrons. The van der Waals surface area contributed by atoms with Gasteiger partial charge in [0, 0.05) is 12.5 Å². The molecule has 1 aromatic heterocycles. The molecule has 0 bridgehead atoms. The van der Waals surface area contributed by atoms with E-state index in [0.717, 1.165) is 12.8 Å². The van der Waals surface area contributed by atoms with Gasteiger partial charge in [0.2, 0.25) is 5.91 Å². The monoisotopic (exact) mass is 435 g/mol. The summed E-state index contributed by atoms with van der Waals surface area (Å²) in [6.07, 6.45) is 2.26. The number of ether oxygens (including phenoxy) is 1. The molecule has 2 aromatic carbocycles. The number of benzene rings is 2. The van der Waals surface area contributed by atoms with E-state index in [1.54, 1.807) is 36.4 Å². The highest BCUT2D eigenvalue weighted by Gasteiger charge is 2.24. The van der Waals surface area contributed by atoms with Gasteiger partial charge in [-0.15, -0.1) is 0 Å². The lowest BCUT2D eigenvalue weighted by molar-refractivity contribution is -0.114. The highest BCUT2D eigenvalue weighted by atomic mass is 16.5. The molecule has 32 heavy (non-hydrogen) atoms. The average Bonchev–Trinajstić information content (AvgIpc) is 3.57. The van der Waals surface area contributed by atoms with E-state index in [0.29, 0.717) is 46.2 Å². The zero-order chi connectivity index (χ0) is 22.8. The molecule has 0 unspecified atom stereocenters. The number of nitrogens with two attached hydrogens (primary N) is 1. The van der Waals surface area contributed by atoms with Crippen LogP contribution in [-0.4, -0.2) is 32.8 Å². The van der Waals surface area contributed by atoms with Crippen LogP contribution in [0.25, 0.3) is 22.4 Å². The fourth-order valence-corrected chi connectivity index (χ4v) is 3.53. The van der Waals surface area contributed by atoms with Gasteiger partial charge in [-0.1, -0.05) is 12.1 Å². The smallest absolute Gasteiger partial charge is 0.221 e. The summed E-state index contributed by atoms with van der Waals surface area (Å²) in [7, 11) is 0. The van der Waals surface area contributed by atoms with Crippen molar-refractivity contribution >= 4 is 17.4 Å². The minimum absolute atomic E-state index is 0.00301. The summed E-state index contributed by atoms with van der Waals surface area (Å²) in [4.78, 5) is 15.7. The predicted molar refractivity (Wildman–Crippen MR) is 121 cm³/mol. The number of phenols is 2. The number of nitrogens with zero attached hydrogens (tertiary/aromatic N) is 1. The maximum absolute atomic E-state index is 11.3. The number of amides is 1. The number of aliphatic hydroxyl groups is 1. The number of nitrogens with one attached hydrogen (secondary N) is 1. The van der Waals surface area contributed by atoms with Crippen molar-refractivity contribution in [1.29, 1.82) is 0 Å². The van der Waals surface area contributed by atoms with Crippen molar-refractivity contribution in [2.45, 2.75) is 26.4 Å². The number of anilines is 2. The van der Waals surface area contributed by atoms with Crippen LogP contribution in [0.2, 0.25) is 0 Å². The zero-order valence-corrected chi connectivity index (χ0v) is 17.6. The lowest BCUT2D eigenvalue weighted by atomic mass is 9.97. The third kappa shape index (κ3) is 4.45. The molecule has 1 heterocycles. The van der Waals surface area contributed by atoms with Gasteiger partial charge in [-0.2, -0.15) is 0 Å². The van der Waals surface area contributed by atoms with Gasteiger partial charge in [0.15, 0.2) is 0 Å². The molecule has 1 fully saturated rings. The van der Waals surface area contributed by atoms with Gasteiger partial charge in [-0.3, -0.25) is 4.79 Å². The quantitative estimate of drug-likeness (QED) is 0.357. The van der Waals surface area contributed by atoms with Crippen LogP contribution in [0.3, 0.4) is 0 Å². The molecular formula is C24H25N3O5. The Morgan fingerprint density at radius 1 is 1.19 bits per heavy atom. The van der Waals surface area contributed by atoms with Crippen molar-refractivity contribution in [3.8, 4) is 39.6 Å². The van der Waals surface area contributed by atoms with Crippen LogP contribution in [0, 0.1) is 5.92 Å². The van der Waals surface area contributed by atoms with E-state index in [4.69, 9.17) is 10.5 Å². The topological polar surface area (TPSA) is 138 Å². The van der Waals surface area contributed by atoms with Gasteiger partial charge in [0.05, 0.1) is 30.2 Å². The Bertz CT molecular complexity index is 1170. The number of hydrogen-bond acceptors (Lipinski definition) is 7. The van der Waals surface area contributed by atoms with Crippen LogP contribution >= 0.6 is 0 Å². The Balaban J connectivity index is 1.81. The van der Waals surface area contributed by atoms with E-state index in [-0.39, 0.29) is 35.5 Å². The first-order valence-corrected chi connectivity index (χ1v) is 10.3. The van der Waals surface area contributed by atoms with E-state index < -0.39 is 0 Å². The van der Waals surface area contributed by atoms with Crippen LogP contribution in [0.15, 0.2) is 42.5 Å². The lowest BCUT2D eigenvalue weighted by Gasteiger charge is -2.17. The first-order chi connectivity index (χ1) is 15.4. The maximum atomic E-state index is 11.3. The van der Waals surface area contributed by atoms with Crippen LogP contribution in [-0.2, 0) is 11.4 Å². The van der Waals surface area contributed by atoms with Gasteiger partial charge in [-0.05, 0) is 60.2 Å². The van der Waals surface area contributed by atoms with Crippen molar-refractivity contribution in [2.24, 2.45) is 5.92 Å². The molecule has 4 rings (SSSR count). The molecule has 0 radical (unpaired) electrons. The molecule has 0 spiro atoms. The van der Waals surface area contributed by atoms with Gasteiger partial charge >= 0.3 is 0 Å². The summed E-state index contributed by atoms with van der Waals surface area (Å²) in [6.45, 7) is 1.54. The Morgan fingerprint density at radius 2 is 1.97 bits per heavy atom. The molecule has 1 aliphatic rings. The van der Waals surface area contributed by atoms with Gasteiger partial charge < -0.3 is 31.1 Å². The van der Waals surface area contributed by atoms with E-state index in [1.165, 1.54) is 13.0 Å². The van der Waals surface area contributed by atoms with Gasteiger partial charge in [0.25, 0.3) is 0 Å². The lowest BCUT2D eigenvalue weighted by Crippen LogP contribution is -2.06. The predicted octanol–water partition coefficient (Wildman–Crippen LogP) is 3.65. The highest BCUT2D eigenvalue weighted by Crippen LogP contribution is 2.42. The molecule has 8 nitrogen and oxygen atoms in total. The van der Waals surface area contributed by atoms with E-state index in [9.17, 15) is 20.1 Å². The Hall–Kier alpha value is -3.78. The van der Waals surface area contributed by atoms with Crippen molar-refractivity contribution in [3.05, 3.63) is 48.0 Å². The van der Waals surface area contributed by atoms with E-state index >= 15 is 0 Å². The normalized spacial score (nSPS) is 13.1. The third-order valence-electron chi connectivity index (χ3n) is 5.37. The van der Waals surface area contributed by atoms with Crippen LogP contribution < -0.4 is 15.8 Å². The minimum Gasteiger partial charge on any atom is -0.507 e. The summed E-state index contributed by atoms with van der Waals surface area (Å²) in [6, 6.07) is 11.4. The van der Waals surface area contributed by atoms with Crippen molar-refractivity contribution in [2.75, 3.05) is 17.7 Å². The fourth-order valence-electron chi connectivity index (χ4n) is 3.53. The number of phenolic OH excluding ortho intramolecular Hbond substituents is 2. The van der Waals surface area contributed by atoms with Crippen LogP contribution in [0.5, 0.6) is 17.2 Å². The summed E-state index contributed by atoms with van der Waals surface area (Å²) in [5.41, 5.74) is 8.70. The first kappa shape index (κ1) is 21.5. The number of aromatic hydroxyl groups is 2. The Kier molecular flexibility index (Phi) is 5.87. The molecule has 1 aliphatic carbocycles. The summed E-state index contributed by atoms with van der Waals surface area (Å²) in [5.74, 6) is 0.682. The second-order valence-corrected chi connectivity index (χ2v) is 7.89. The molecule has 1 saturated carbocycles. The molecule has 0 saturated heterocycles. The molecule has 1 amide bonds. The Morgan fingerprint density at radius 3 is 2.62 bits per heavy atom. The third-order valence-corrected chi connectivity index (χ3v) is 5.37. The second-order valence-electron chi connectivity index (χ2n) is 7.89. The minimum atomic E-state index is -0.367. The molecular weight excluding hydrogens is 410 g/mol. The number of carbonyl (C=O) groups is 1. The van der Waals surface area contributed by atoms with Gasteiger partial charge in [0.1, 0.15) is 23.1 Å². The summed E-state index contributed by atoms with van der Waals surface area (Å²) in [5, 5.41) is 33.4. The van der Waals surface area contributed by atoms with Gasteiger partial charge in [-0.25, -0.2) is 4.98 Å². The highest BCUT2D eigenvalue weighted by molar-refractivity contribution is 5.91. The molecule has 0 atom stereocenters. The number of aromatic nitrogens is 1. The fraction of sp³-hybridized carbons (Fsp3) is 0.250. The molecule has 6 N–H and O–H groups in total. The van der Waals surface area contributed by atoms with Crippen molar-refractivity contribution in [1.82, 2.24) is 4.98 Å². The second kappa shape index (κ2) is 8.76.